The summed E-state index contributed by atoms with van der Waals surface area (Å²) in [6.45, 7) is 6.64. The number of hydrogen-bond acceptors (Lipinski definition) is 4. The third-order valence-corrected chi connectivity index (χ3v) is 3.54. The molecule has 4 heteroatoms. The highest BCUT2D eigenvalue weighted by Crippen LogP contribution is 2.30. The monoisotopic (exact) mass is 204 g/mol. The van der Waals surface area contributed by atoms with Gasteiger partial charge in [0.15, 0.2) is 0 Å². The van der Waals surface area contributed by atoms with Gasteiger partial charge in [-0.2, -0.15) is 0 Å². The third kappa shape index (κ3) is 1.49. The maximum absolute atomic E-state index is 4.43. The van der Waals surface area contributed by atoms with Gasteiger partial charge in [0, 0.05) is 38.6 Å². The van der Waals surface area contributed by atoms with Crippen LogP contribution in [-0.4, -0.2) is 36.1 Å². The molecule has 2 fully saturated rings. The molecule has 2 aliphatic rings. The smallest absolute Gasteiger partial charge is 0.150 e. The van der Waals surface area contributed by atoms with Crippen molar-refractivity contribution in [2.24, 2.45) is 11.8 Å². The van der Waals surface area contributed by atoms with Crippen molar-refractivity contribution in [3.8, 4) is 0 Å². The van der Waals surface area contributed by atoms with Gasteiger partial charge in [-0.3, -0.25) is 4.98 Å². The SMILES string of the molecule is Cc1nccnc1N1CC2CNCC2C1. The summed E-state index contributed by atoms with van der Waals surface area (Å²) in [4.78, 5) is 11.1. The van der Waals surface area contributed by atoms with Gasteiger partial charge in [-0.15, -0.1) is 0 Å². The molecule has 2 saturated heterocycles. The minimum Gasteiger partial charge on any atom is -0.354 e. The van der Waals surface area contributed by atoms with Crippen molar-refractivity contribution in [3.63, 3.8) is 0 Å². The number of fused-ring (bicyclic) bond motifs is 1. The van der Waals surface area contributed by atoms with E-state index in [9.17, 15) is 0 Å². The Hall–Kier alpha value is -1.16. The van der Waals surface area contributed by atoms with Crippen LogP contribution in [0, 0.1) is 18.8 Å². The Morgan fingerprint density at radius 1 is 1.20 bits per heavy atom. The van der Waals surface area contributed by atoms with Crippen LogP contribution in [0.2, 0.25) is 0 Å². The summed E-state index contributed by atoms with van der Waals surface area (Å²) < 4.78 is 0. The molecular weight excluding hydrogens is 188 g/mol. The van der Waals surface area contributed by atoms with Gasteiger partial charge < -0.3 is 10.2 Å². The average molecular weight is 204 g/mol. The fourth-order valence-corrected chi connectivity index (χ4v) is 2.74. The highest BCUT2D eigenvalue weighted by molar-refractivity contribution is 5.44. The van der Waals surface area contributed by atoms with Crippen molar-refractivity contribution in [2.75, 3.05) is 31.1 Å². The maximum Gasteiger partial charge on any atom is 0.150 e. The molecule has 0 saturated carbocycles. The van der Waals surface area contributed by atoms with Crippen LogP contribution in [-0.2, 0) is 0 Å². The van der Waals surface area contributed by atoms with E-state index in [1.165, 1.54) is 13.1 Å². The molecule has 1 aromatic rings. The number of aromatic nitrogens is 2. The molecule has 1 aromatic heterocycles. The lowest BCUT2D eigenvalue weighted by Gasteiger charge is -2.19. The van der Waals surface area contributed by atoms with Crippen LogP contribution >= 0.6 is 0 Å². The van der Waals surface area contributed by atoms with Crippen molar-refractivity contribution in [1.82, 2.24) is 15.3 Å². The Bertz CT molecular complexity index is 353. The van der Waals surface area contributed by atoms with Gasteiger partial charge in [0.25, 0.3) is 0 Å². The molecule has 3 rings (SSSR count). The van der Waals surface area contributed by atoms with Gasteiger partial charge in [-0.1, -0.05) is 0 Å². The number of nitrogens with zero attached hydrogens (tertiary/aromatic N) is 3. The van der Waals surface area contributed by atoms with Crippen LogP contribution in [0.15, 0.2) is 12.4 Å². The number of anilines is 1. The summed E-state index contributed by atoms with van der Waals surface area (Å²) in [5.41, 5.74) is 1.05. The Morgan fingerprint density at radius 2 is 1.87 bits per heavy atom. The second-order valence-electron chi connectivity index (χ2n) is 4.55. The van der Waals surface area contributed by atoms with E-state index in [2.05, 4.69) is 20.2 Å². The molecule has 0 aliphatic carbocycles. The lowest BCUT2D eigenvalue weighted by Crippen LogP contribution is -2.27. The molecule has 1 N–H and O–H groups in total. The first-order chi connectivity index (χ1) is 7.34. The molecule has 80 valence electrons. The molecule has 0 aromatic carbocycles. The number of aryl methyl sites for hydroxylation is 1. The van der Waals surface area contributed by atoms with Crippen LogP contribution in [0.4, 0.5) is 5.82 Å². The fraction of sp³-hybridized carbons (Fsp3) is 0.636. The second kappa shape index (κ2) is 3.45. The fourth-order valence-electron chi connectivity index (χ4n) is 2.74. The average Bonchev–Trinajstić information content (AvgIpc) is 2.77. The largest absolute Gasteiger partial charge is 0.354 e. The van der Waals surface area contributed by atoms with Crippen molar-refractivity contribution in [3.05, 3.63) is 18.1 Å². The van der Waals surface area contributed by atoms with E-state index in [0.717, 1.165) is 36.4 Å². The van der Waals surface area contributed by atoms with E-state index in [-0.39, 0.29) is 0 Å². The van der Waals surface area contributed by atoms with E-state index in [4.69, 9.17) is 0 Å². The molecule has 4 nitrogen and oxygen atoms in total. The first-order valence-electron chi connectivity index (χ1n) is 5.58. The Kier molecular flexibility index (Phi) is 2.09. The molecule has 0 spiro atoms. The lowest BCUT2D eigenvalue weighted by molar-refractivity contribution is 0.533. The van der Waals surface area contributed by atoms with Gasteiger partial charge in [0.05, 0.1) is 5.69 Å². The van der Waals surface area contributed by atoms with Gasteiger partial charge >= 0.3 is 0 Å². The third-order valence-electron chi connectivity index (χ3n) is 3.54. The molecule has 2 aliphatic heterocycles. The molecule has 3 heterocycles. The predicted octanol–water partition coefficient (Wildman–Crippen LogP) is 0.441. The molecule has 0 amide bonds. The number of hydrogen-bond donors (Lipinski definition) is 1. The Morgan fingerprint density at radius 3 is 2.53 bits per heavy atom. The lowest BCUT2D eigenvalue weighted by atomic mass is 10.0. The first-order valence-corrected chi connectivity index (χ1v) is 5.58. The first kappa shape index (κ1) is 9.09. The summed E-state index contributed by atoms with van der Waals surface area (Å²) >= 11 is 0. The van der Waals surface area contributed by atoms with Crippen molar-refractivity contribution >= 4 is 5.82 Å². The van der Waals surface area contributed by atoms with E-state index < -0.39 is 0 Å². The molecule has 0 bridgehead atoms. The van der Waals surface area contributed by atoms with Crippen LogP contribution in [0.25, 0.3) is 0 Å². The van der Waals surface area contributed by atoms with Crippen LogP contribution < -0.4 is 10.2 Å². The molecule has 15 heavy (non-hydrogen) atoms. The van der Waals surface area contributed by atoms with Crippen LogP contribution in [0.3, 0.4) is 0 Å². The Balaban J connectivity index is 1.82. The molecule has 0 radical (unpaired) electrons. The zero-order valence-corrected chi connectivity index (χ0v) is 8.98. The van der Waals surface area contributed by atoms with E-state index in [1.54, 1.807) is 12.4 Å². The number of rotatable bonds is 1. The standard InChI is InChI=1S/C11H16N4/c1-8-11(14-3-2-13-8)15-6-9-4-12-5-10(9)7-15/h2-3,9-10,12H,4-7H2,1H3. The zero-order valence-electron chi connectivity index (χ0n) is 8.98. The van der Waals surface area contributed by atoms with E-state index >= 15 is 0 Å². The van der Waals surface area contributed by atoms with Gasteiger partial charge in [0.1, 0.15) is 5.82 Å². The van der Waals surface area contributed by atoms with E-state index in [1.807, 2.05) is 6.92 Å². The number of nitrogens with one attached hydrogen (secondary N) is 1. The molecule has 2 atom stereocenters. The quantitative estimate of drug-likeness (QED) is 0.720. The highest BCUT2D eigenvalue weighted by Gasteiger charge is 2.36. The summed E-state index contributed by atoms with van der Waals surface area (Å²) in [6, 6.07) is 0. The highest BCUT2D eigenvalue weighted by atomic mass is 15.2. The maximum atomic E-state index is 4.43. The minimum absolute atomic E-state index is 0.811. The van der Waals surface area contributed by atoms with Crippen molar-refractivity contribution in [2.45, 2.75) is 6.92 Å². The molecule has 2 unspecified atom stereocenters. The second-order valence-corrected chi connectivity index (χ2v) is 4.55. The summed E-state index contributed by atoms with van der Waals surface area (Å²) in [6.07, 6.45) is 3.55. The van der Waals surface area contributed by atoms with Crippen LogP contribution in [0.5, 0.6) is 0 Å². The van der Waals surface area contributed by atoms with Crippen molar-refractivity contribution in [1.29, 1.82) is 0 Å². The summed E-state index contributed by atoms with van der Waals surface area (Å²) in [7, 11) is 0. The predicted molar refractivity (Wildman–Crippen MR) is 58.8 cm³/mol. The van der Waals surface area contributed by atoms with Gasteiger partial charge in [-0.05, 0) is 18.8 Å². The topological polar surface area (TPSA) is 41.1 Å². The zero-order chi connectivity index (χ0) is 10.3. The van der Waals surface area contributed by atoms with E-state index in [0.29, 0.717) is 0 Å². The Labute approximate surface area is 89.7 Å². The van der Waals surface area contributed by atoms with Gasteiger partial charge in [-0.25, -0.2) is 4.98 Å². The normalized spacial score (nSPS) is 29.5. The van der Waals surface area contributed by atoms with Crippen molar-refractivity contribution < 1.29 is 0 Å². The summed E-state index contributed by atoms with van der Waals surface area (Å²) in [5.74, 6) is 2.70. The van der Waals surface area contributed by atoms with Crippen LogP contribution in [0.1, 0.15) is 5.69 Å². The van der Waals surface area contributed by atoms with Gasteiger partial charge in [0.2, 0.25) is 0 Å². The minimum atomic E-state index is 0.811. The molecular formula is C11H16N4. The summed E-state index contributed by atoms with van der Waals surface area (Å²) in [5, 5.41) is 3.45.